The molecule has 0 radical (unpaired) electrons. The molecule has 2 unspecified atom stereocenters. The van der Waals surface area contributed by atoms with Gasteiger partial charge < -0.3 is 10.5 Å². The van der Waals surface area contributed by atoms with Crippen molar-refractivity contribution in [2.75, 3.05) is 11.5 Å². The summed E-state index contributed by atoms with van der Waals surface area (Å²) in [6.45, 7) is 2.77. The van der Waals surface area contributed by atoms with E-state index in [1.807, 2.05) is 6.92 Å². The van der Waals surface area contributed by atoms with Crippen LogP contribution < -0.4 is 15.4 Å². The zero-order valence-corrected chi connectivity index (χ0v) is 12.2. The molecule has 1 aliphatic heterocycles. The van der Waals surface area contributed by atoms with Crippen molar-refractivity contribution >= 4 is 17.5 Å². The van der Waals surface area contributed by atoms with Crippen molar-refractivity contribution in [3.63, 3.8) is 0 Å². The number of imide groups is 1. The summed E-state index contributed by atoms with van der Waals surface area (Å²) in [5.41, 5.74) is 7.17. The number of hydrogen-bond donors (Lipinski definition) is 1. The summed E-state index contributed by atoms with van der Waals surface area (Å²) in [4.78, 5) is 26.2. The number of nitrogens with two attached hydrogens (primary N) is 1. The minimum absolute atomic E-state index is 0.0605. The lowest BCUT2D eigenvalue weighted by Gasteiger charge is -2.18. The molecule has 0 spiro atoms. The highest BCUT2D eigenvalue weighted by atomic mass is 16.5. The first-order valence-corrected chi connectivity index (χ1v) is 7.51. The predicted octanol–water partition coefficient (Wildman–Crippen LogP) is 1.83. The third kappa shape index (κ3) is 2.21. The molecule has 21 heavy (non-hydrogen) atoms. The fourth-order valence-electron chi connectivity index (χ4n) is 3.41. The largest absolute Gasteiger partial charge is 0.494 e. The van der Waals surface area contributed by atoms with Crippen molar-refractivity contribution in [3.05, 3.63) is 23.8 Å². The number of fused-ring (bicyclic) bond motifs is 1. The van der Waals surface area contributed by atoms with Gasteiger partial charge in [-0.05, 0) is 38.0 Å². The summed E-state index contributed by atoms with van der Waals surface area (Å²) < 4.78 is 5.51. The Hall–Kier alpha value is -1.88. The number of carbonyl (C=O) groups excluding carboxylic acids is 2. The molecule has 1 saturated carbocycles. The molecular weight excluding hydrogens is 268 g/mol. The van der Waals surface area contributed by atoms with Crippen molar-refractivity contribution in [3.8, 4) is 5.75 Å². The smallest absolute Gasteiger partial charge is 0.237 e. The van der Waals surface area contributed by atoms with Crippen molar-refractivity contribution in [2.24, 2.45) is 17.6 Å². The van der Waals surface area contributed by atoms with Crippen LogP contribution in [0.3, 0.4) is 0 Å². The highest BCUT2D eigenvalue weighted by Gasteiger charge is 2.50. The molecule has 2 N–H and O–H groups in total. The zero-order valence-electron chi connectivity index (χ0n) is 12.2. The van der Waals surface area contributed by atoms with Crippen LogP contribution in [0.25, 0.3) is 0 Å². The fourth-order valence-corrected chi connectivity index (χ4v) is 3.41. The molecule has 3 rings (SSSR count). The van der Waals surface area contributed by atoms with Gasteiger partial charge >= 0.3 is 0 Å². The van der Waals surface area contributed by atoms with Gasteiger partial charge in [0.05, 0.1) is 24.1 Å². The van der Waals surface area contributed by atoms with E-state index >= 15 is 0 Å². The number of amides is 2. The molecule has 5 heteroatoms. The van der Waals surface area contributed by atoms with E-state index in [9.17, 15) is 9.59 Å². The second kappa shape index (κ2) is 5.48. The first-order valence-electron chi connectivity index (χ1n) is 7.51. The number of anilines is 1. The van der Waals surface area contributed by atoms with Crippen molar-refractivity contribution in [1.82, 2.24) is 0 Å². The Morgan fingerprint density at radius 1 is 1.24 bits per heavy atom. The number of nitrogens with zero attached hydrogens (tertiary/aromatic N) is 1. The van der Waals surface area contributed by atoms with E-state index in [0.29, 0.717) is 24.6 Å². The zero-order chi connectivity index (χ0) is 15.0. The van der Waals surface area contributed by atoms with Gasteiger partial charge in [-0.25, -0.2) is 0 Å². The summed E-state index contributed by atoms with van der Waals surface area (Å²) in [5.74, 6) is 0.350. The van der Waals surface area contributed by atoms with Crippen molar-refractivity contribution < 1.29 is 14.3 Å². The average Bonchev–Trinajstić information content (AvgIpc) is 3.05. The van der Waals surface area contributed by atoms with Gasteiger partial charge in [-0.2, -0.15) is 0 Å². The molecule has 0 aromatic heterocycles. The van der Waals surface area contributed by atoms with Gasteiger partial charge in [0, 0.05) is 12.1 Å². The van der Waals surface area contributed by atoms with Crippen LogP contribution in [0.1, 0.15) is 31.7 Å². The molecule has 1 saturated heterocycles. The lowest BCUT2D eigenvalue weighted by atomic mass is 10.00. The van der Waals surface area contributed by atoms with Crippen molar-refractivity contribution in [2.45, 2.75) is 32.7 Å². The van der Waals surface area contributed by atoms with Crippen LogP contribution in [-0.4, -0.2) is 18.4 Å². The van der Waals surface area contributed by atoms with Gasteiger partial charge in [-0.1, -0.05) is 6.42 Å². The molecule has 1 aromatic carbocycles. The van der Waals surface area contributed by atoms with E-state index in [-0.39, 0.29) is 23.7 Å². The normalized spacial score (nSPS) is 24.6. The first-order chi connectivity index (χ1) is 10.2. The minimum Gasteiger partial charge on any atom is -0.494 e. The van der Waals surface area contributed by atoms with Gasteiger partial charge in [0.2, 0.25) is 11.8 Å². The van der Waals surface area contributed by atoms with Gasteiger partial charge in [-0.15, -0.1) is 0 Å². The van der Waals surface area contributed by atoms with Gasteiger partial charge in [0.25, 0.3) is 0 Å². The van der Waals surface area contributed by atoms with E-state index in [2.05, 4.69) is 0 Å². The maximum absolute atomic E-state index is 12.5. The molecule has 1 aliphatic carbocycles. The SMILES string of the molecule is CCOc1ccc(N2C(=O)C3CCCC3C2=O)cc1CN. The summed E-state index contributed by atoms with van der Waals surface area (Å²) in [7, 11) is 0. The summed E-state index contributed by atoms with van der Waals surface area (Å²) in [6.07, 6.45) is 2.62. The third-order valence-electron chi connectivity index (χ3n) is 4.41. The van der Waals surface area contributed by atoms with Crippen LogP contribution in [0.15, 0.2) is 18.2 Å². The van der Waals surface area contributed by atoms with Crippen LogP contribution in [0.2, 0.25) is 0 Å². The third-order valence-corrected chi connectivity index (χ3v) is 4.41. The maximum atomic E-state index is 12.5. The Morgan fingerprint density at radius 3 is 2.48 bits per heavy atom. The summed E-state index contributed by atoms with van der Waals surface area (Å²) in [5, 5.41) is 0. The highest BCUT2D eigenvalue weighted by molar-refractivity contribution is 6.22. The molecule has 2 amide bonds. The van der Waals surface area contributed by atoms with Crippen LogP contribution in [-0.2, 0) is 16.1 Å². The Balaban J connectivity index is 1.93. The van der Waals surface area contributed by atoms with Crippen LogP contribution >= 0.6 is 0 Å². The van der Waals surface area contributed by atoms with Gasteiger partial charge in [0.15, 0.2) is 0 Å². The van der Waals surface area contributed by atoms with E-state index in [0.717, 1.165) is 24.8 Å². The number of benzene rings is 1. The molecule has 2 aliphatic rings. The molecule has 0 bridgehead atoms. The Labute approximate surface area is 124 Å². The number of ether oxygens (including phenoxy) is 1. The van der Waals surface area contributed by atoms with E-state index in [4.69, 9.17) is 10.5 Å². The number of hydrogen-bond acceptors (Lipinski definition) is 4. The lowest BCUT2D eigenvalue weighted by molar-refractivity contribution is -0.122. The Morgan fingerprint density at radius 2 is 1.90 bits per heavy atom. The average molecular weight is 288 g/mol. The number of carbonyl (C=O) groups is 2. The van der Waals surface area contributed by atoms with Crippen LogP contribution in [0, 0.1) is 11.8 Å². The molecule has 1 heterocycles. The summed E-state index contributed by atoms with van der Waals surface area (Å²) >= 11 is 0. The standard InChI is InChI=1S/C16H20N2O3/c1-2-21-14-7-6-11(8-10(14)9-17)18-15(19)12-4-3-5-13(12)16(18)20/h6-8,12-13H,2-5,9,17H2,1H3. The van der Waals surface area contributed by atoms with E-state index in [1.54, 1.807) is 18.2 Å². The minimum atomic E-state index is -0.120. The topological polar surface area (TPSA) is 72.6 Å². The second-order valence-electron chi connectivity index (χ2n) is 5.58. The molecular formula is C16H20N2O3. The molecule has 2 fully saturated rings. The first kappa shape index (κ1) is 14.1. The summed E-state index contributed by atoms with van der Waals surface area (Å²) in [6, 6.07) is 5.35. The van der Waals surface area contributed by atoms with Gasteiger partial charge in [0.1, 0.15) is 5.75 Å². The molecule has 112 valence electrons. The Kier molecular flexibility index (Phi) is 3.68. The van der Waals surface area contributed by atoms with E-state index < -0.39 is 0 Å². The van der Waals surface area contributed by atoms with E-state index in [1.165, 1.54) is 4.90 Å². The lowest BCUT2D eigenvalue weighted by Crippen LogP contribution is -2.31. The van der Waals surface area contributed by atoms with Crippen LogP contribution in [0.4, 0.5) is 5.69 Å². The molecule has 5 nitrogen and oxygen atoms in total. The predicted molar refractivity (Wildman–Crippen MR) is 78.8 cm³/mol. The number of rotatable bonds is 4. The fraction of sp³-hybridized carbons (Fsp3) is 0.500. The Bertz CT molecular complexity index is 563. The molecule has 2 atom stereocenters. The highest BCUT2D eigenvalue weighted by Crippen LogP contribution is 2.42. The monoisotopic (exact) mass is 288 g/mol. The van der Waals surface area contributed by atoms with Gasteiger partial charge in [-0.3, -0.25) is 14.5 Å². The quantitative estimate of drug-likeness (QED) is 0.858. The second-order valence-corrected chi connectivity index (χ2v) is 5.58. The van der Waals surface area contributed by atoms with Crippen molar-refractivity contribution in [1.29, 1.82) is 0 Å². The maximum Gasteiger partial charge on any atom is 0.237 e. The molecule has 1 aromatic rings. The van der Waals surface area contributed by atoms with Crippen LogP contribution in [0.5, 0.6) is 5.75 Å².